The summed E-state index contributed by atoms with van der Waals surface area (Å²) in [6, 6.07) is 8.22. The summed E-state index contributed by atoms with van der Waals surface area (Å²) < 4.78 is 6.30. The average Bonchev–Trinajstić information content (AvgIpc) is 2.98. The van der Waals surface area contributed by atoms with Crippen LogP contribution in [0.1, 0.15) is 22.8 Å². The summed E-state index contributed by atoms with van der Waals surface area (Å²) in [7, 11) is 0. The zero-order valence-electron chi connectivity index (χ0n) is 15.8. The highest BCUT2D eigenvalue weighted by Crippen LogP contribution is 2.39. The Balaban J connectivity index is 2.25. The predicted octanol–water partition coefficient (Wildman–Crippen LogP) is 1.12. The van der Waals surface area contributed by atoms with E-state index < -0.39 is 27.9 Å². The molecule has 10 heteroatoms. The van der Waals surface area contributed by atoms with Crippen LogP contribution in [0.25, 0.3) is 18.3 Å². The summed E-state index contributed by atoms with van der Waals surface area (Å²) in [5.74, 6) is -1.85. The highest BCUT2D eigenvalue weighted by atomic mass is 16.6. The SMILES string of the molecule is C=c1[nH]n(-c2cccc(C(=O)O)c2)c(=O)/c1=C/c1ccc(O)c(OCC)c1[N+](=O)[O-]. The number of benzene rings is 2. The molecule has 0 unspecified atom stereocenters. The average molecular weight is 411 g/mol. The molecule has 0 atom stereocenters. The molecular formula is C20H17N3O7. The van der Waals surface area contributed by atoms with Gasteiger partial charge in [0.2, 0.25) is 5.75 Å². The predicted molar refractivity (Wildman–Crippen MR) is 108 cm³/mol. The van der Waals surface area contributed by atoms with Crippen LogP contribution in [0, 0.1) is 10.1 Å². The van der Waals surface area contributed by atoms with Crippen LogP contribution >= 0.6 is 0 Å². The minimum atomic E-state index is -1.15. The summed E-state index contributed by atoms with van der Waals surface area (Å²) in [6.07, 6.45) is 1.26. The van der Waals surface area contributed by atoms with Crippen molar-refractivity contribution in [1.82, 2.24) is 9.78 Å². The van der Waals surface area contributed by atoms with Crippen molar-refractivity contribution >= 4 is 24.3 Å². The number of ether oxygens (including phenoxy) is 1. The molecule has 2 aromatic carbocycles. The normalized spacial score (nSPS) is 11.4. The van der Waals surface area contributed by atoms with Gasteiger partial charge in [-0.05, 0) is 43.3 Å². The first-order chi connectivity index (χ1) is 14.2. The van der Waals surface area contributed by atoms with Gasteiger partial charge in [0, 0.05) is 0 Å². The fourth-order valence-corrected chi connectivity index (χ4v) is 2.93. The molecule has 0 aliphatic carbocycles. The van der Waals surface area contributed by atoms with Gasteiger partial charge in [0.1, 0.15) is 0 Å². The van der Waals surface area contributed by atoms with Gasteiger partial charge >= 0.3 is 11.7 Å². The van der Waals surface area contributed by atoms with Gasteiger partial charge in [-0.25, -0.2) is 9.48 Å². The van der Waals surface area contributed by atoms with Crippen molar-refractivity contribution in [2.45, 2.75) is 6.92 Å². The van der Waals surface area contributed by atoms with Gasteiger partial charge in [-0.2, -0.15) is 0 Å². The number of aromatic carboxylic acids is 1. The number of carbonyl (C=O) groups is 1. The summed E-state index contributed by atoms with van der Waals surface area (Å²) in [5.41, 5.74) is -0.784. The molecule has 0 bridgehead atoms. The lowest BCUT2D eigenvalue weighted by atomic mass is 10.1. The summed E-state index contributed by atoms with van der Waals surface area (Å²) >= 11 is 0. The molecule has 0 saturated carbocycles. The molecule has 10 nitrogen and oxygen atoms in total. The molecule has 0 spiro atoms. The molecule has 1 heterocycles. The lowest BCUT2D eigenvalue weighted by Gasteiger charge is -2.08. The van der Waals surface area contributed by atoms with Gasteiger partial charge in [-0.15, -0.1) is 0 Å². The van der Waals surface area contributed by atoms with E-state index in [-0.39, 0.29) is 39.7 Å². The second kappa shape index (κ2) is 7.95. The maximum absolute atomic E-state index is 12.9. The summed E-state index contributed by atoms with van der Waals surface area (Å²) in [4.78, 5) is 35.0. The van der Waals surface area contributed by atoms with Gasteiger partial charge in [-0.3, -0.25) is 20.0 Å². The number of hydrogen-bond donors (Lipinski definition) is 3. The largest absolute Gasteiger partial charge is 0.504 e. The number of phenolic OH excluding ortho intramolecular Hbond substituents is 1. The maximum atomic E-state index is 12.9. The quantitative estimate of drug-likeness (QED) is 0.406. The molecule has 0 fully saturated rings. The van der Waals surface area contributed by atoms with E-state index in [0.29, 0.717) is 0 Å². The lowest BCUT2D eigenvalue weighted by molar-refractivity contribution is -0.386. The molecule has 0 aliphatic heterocycles. The topological polar surface area (TPSA) is 148 Å². The molecule has 1 aromatic heterocycles. The van der Waals surface area contributed by atoms with Crippen molar-refractivity contribution < 1.29 is 24.7 Å². The Bertz CT molecular complexity index is 1320. The minimum Gasteiger partial charge on any atom is -0.504 e. The second-order valence-electron chi connectivity index (χ2n) is 6.19. The number of rotatable bonds is 6. The Kier molecular flexibility index (Phi) is 5.41. The molecule has 3 aromatic rings. The van der Waals surface area contributed by atoms with Gasteiger partial charge in [0.25, 0.3) is 5.56 Å². The van der Waals surface area contributed by atoms with Crippen LogP contribution in [0.4, 0.5) is 5.69 Å². The molecular weight excluding hydrogens is 394 g/mol. The number of hydrogen-bond acceptors (Lipinski definition) is 6. The molecule has 154 valence electrons. The van der Waals surface area contributed by atoms with Crippen LogP contribution in [-0.4, -0.2) is 37.5 Å². The van der Waals surface area contributed by atoms with Gasteiger partial charge < -0.3 is 14.9 Å². The molecule has 30 heavy (non-hydrogen) atoms. The number of aromatic amines is 1. The highest BCUT2D eigenvalue weighted by molar-refractivity contribution is 5.88. The van der Waals surface area contributed by atoms with E-state index in [9.17, 15) is 24.8 Å². The number of nitro benzene ring substituents is 1. The van der Waals surface area contributed by atoms with Gasteiger partial charge in [0.05, 0.1) is 38.9 Å². The van der Waals surface area contributed by atoms with Crippen LogP contribution in [0.5, 0.6) is 11.5 Å². The first-order valence-electron chi connectivity index (χ1n) is 8.73. The van der Waals surface area contributed by atoms with E-state index in [0.717, 1.165) is 4.68 Å². The molecule has 3 N–H and O–H groups in total. The Morgan fingerprint density at radius 2 is 2.10 bits per heavy atom. The first-order valence-corrected chi connectivity index (χ1v) is 8.73. The minimum absolute atomic E-state index is 0.0133. The zero-order chi connectivity index (χ0) is 22.0. The number of aromatic hydroxyl groups is 1. The molecule has 3 rings (SSSR count). The fourth-order valence-electron chi connectivity index (χ4n) is 2.93. The van der Waals surface area contributed by atoms with Crippen LogP contribution < -0.4 is 20.9 Å². The van der Waals surface area contributed by atoms with Crippen LogP contribution in [0.15, 0.2) is 41.2 Å². The third-order valence-electron chi connectivity index (χ3n) is 4.27. The van der Waals surface area contributed by atoms with Crippen molar-refractivity contribution in [1.29, 1.82) is 0 Å². The number of carboxylic acid groups (broad SMARTS) is 1. The molecule has 0 saturated heterocycles. The highest BCUT2D eigenvalue weighted by Gasteiger charge is 2.24. The van der Waals surface area contributed by atoms with Gasteiger partial charge in [-0.1, -0.05) is 12.6 Å². The molecule has 0 amide bonds. The van der Waals surface area contributed by atoms with Crippen molar-refractivity contribution in [3.05, 3.63) is 78.6 Å². The monoisotopic (exact) mass is 411 g/mol. The van der Waals surface area contributed by atoms with E-state index in [1.165, 1.54) is 42.5 Å². The Morgan fingerprint density at radius 1 is 1.37 bits per heavy atom. The number of nitrogens with one attached hydrogen (secondary N) is 1. The lowest BCUT2D eigenvalue weighted by Crippen LogP contribution is -2.34. The fraction of sp³-hybridized carbons (Fsp3) is 0.100. The van der Waals surface area contributed by atoms with Crippen LogP contribution in [-0.2, 0) is 0 Å². The molecule has 0 radical (unpaired) electrons. The standard InChI is InChI=1S/C20H17N3O7/c1-3-30-18-16(24)8-7-12(17(18)23(28)29)10-15-11(2)21-22(19(15)25)14-6-4-5-13(9-14)20(26)27/h4-10,21,24H,2-3H2,1H3,(H,26,27)/b15-10+. The number of nitrogens with zero attached hydrogens (tertiary/aromatic N) is 2. The first kappa shape index (κ1) is 20.4. The van der Waals surface area contributed by atoms with Gasteiger partial charge in [0.15, 0.2) is 5.75 Å². The van der Waals surface area contributed by atoms with Crippen LogP contribution in [0.3, 0.4) is 0 Å². The second-order valence-corrected chi connectivity index (χ2v) is 6.19. The van der Waals surface area contributed by atoms with E-state index in [2.05, 4.69) is 11.7 Å². The number of phenols is 1. The number of nitro groups is 1. The van der Waals surface area contributed by atoms with E-state index in [1.807, 2.05) is 0 Å². The summed E-state index contributed by atoms with van der Waals surface area (Å²) in [6.45, 7) is 5.46. The van der Waals surface area contributed by atoms with E-state index >= 15 is 0 Å². The van der Waals surface area contributed by atoms with E-state index in [4.69, 9.17) is 9.84 Å². The number of aromatic nitrogens is 2. The van der Waals surface area contributed by atoms with Crippen molar-refractivity contribution in [2.24, 2.45) is 0 Å². The van der Waals surface area contributed by atoms with Crippen molar-refractivity contribution in [3.63, 3.8) is 0 Å². The third-order valence-corrected chi connectivity index (χ3v) is 4.27. The van der Waals surface area contributed by atoms with Crippen molar-refractivity contribution in [3.8, 4) is 17.2 Å². The smallest absolute Gasteiger partial charge is 0.335 e. The van der Waals surface area contributed by atoms with Crippen LogP contribution in [0.2, 0.25) is 0 Å². The van der Waals surface area contributed by atoms with E-state index in [1.54, 1.807) is 6.92 Å². The third kappa shape index (κ3) is 3.65. The maximum Gasteiger partial charge on any atom is 0.335 e. The number of carboxylic acids is 1. The Morgan fingerprint density at radius 3 is 2.73 bits per heavy atom. The zero-order valence-corrected chi connectivity index (χ0v) is 15.8. The Hall–Kier alpha value is -4.34. The summed E-state index contributed by atoms with van der Waals surface area (Å²) in [5, 5.41) is 33.6. The van der Waals surface area contributed by atoms with Crippen molar-refractivity contribution in [2.75, 3.05) is 6.61 Å². The Labute approximate surface area is 168 Å². The molecule has 0 aliphatic rings. The number of H-pyrrole nitrogens is 1.